The summed E-state index contributed by atoms with van der Waals surface area (Å²) in [5, 5.41) is 15.8. The van der Waals surface area contributed by atoms with E-state index in [-0.39, 0.29) is 26.2 Å². The number of aliphatic hydroxyl groups is 2. The molecule has 0 saturated heterocycles. The molecule has 0 saturated carbocycles. The minimum absolute atomic E-state index is 0. The molecule has 0 heterocycles. The minimum Gasteiger partial charge on any atom is -0.396 e. The quantitative estimate of drug-likeness (QED) is 0.351. The second-order valence-electron chi connectivity index (χ2n) is 2.62. The van der Waals surface area contributed by atoms with Crippen molar-refractivity contribution in [2.24, 2.45) is 4.99 Å². The van der Waals surface area contributed by atoms with Gasteiger partial charge in [-0.15, -0.1) is 0 Å². The second-order valence-corrected chi connectivity index (χ2v) is 2.62. The van der Waals surface area contributed by atoms with Crippen LogP contribution in [0.5, 0.6) is 0 Å². The van der Waals surface area contributed by atoms with Gasteiger partial charge in [0.25, 0.3) is 0 Å². The maximum absolute atomic E-state index is 9.37. The number of hydrogen-bond donors (Lipinski definition) is 2. The van der Waals surface area contributed by atoms with Gasteiger partial charge < -0.3 is 16.6 Å². The zero-order valence-electron chi connectivity index (χ0n) is 10.6. The summed E-state index contributed by atoms with van der Waals surface area (Å²) < 4.78 is 0. The summed E-state index contributed by atoms with van der Waals surface area (Å²) >= 11 is 0. The number of hydrogen-bond acceptors (Lipinski definition) is 4. The first-order valence-electron chi connectivity index (χ1n) is 5.28. The molecule has 0 aromatic carbocycles. The first-order chi connectivity index (χ1) is 7.24. The fraction of sp³-hybridized carbons (Fsp3) is 0.818. The van der Waals surface area contributed by atoms with Gasteiger partial charge in [-0.3, -0.25) is 0 Å². The third kappa shape index (κ3) is 64.5. The number of carbonyl (C=O) groups excluding carboxylic acids is 1. The van der Waals surface area contributed by atoms with Crippen LogP contribution < -0.4 is 0 Å². The van der Waals surface area contributed by atoms with Crippen molar-refractivity contribution in [1.82, 2.24) is 0 Å². The molecule has 0 bridgehead atoms. The zero-order valence-corrected chi connectivity index (χ0v) is 13.0. The van der Waals surface area contributed by atoms with E-state index in [4.69, 9.17) is 10.2 Å². The number of aliphatic imine (C=N–C) groups is 1. The topological polar surface area (TPSA) is 69.9 Å². The molecule has 0 rings (SSSR count). The van der Waals surface area contributed by atoms with Crippen LogP contribution in [0.2, 0.25) is 0 Å². The molecule has 0 aromatic heterocycles. The molecule has 0 amide bonds. The normalized spacial score (nSPS) is 7.06. The molecule has 0 unspecified atom stereocenters. The van der Waals surface area contributed by atoms with Crippen molar-refractivity contribution >= 4 is 6.08 Å². The Morgan fingerprint density at radius 1 is 1.19 bits per heavy atom. The minimum atomic E-state index is 0. The van der Waals surface area contributed by atoms with Crippen LogP contribution >= 0.6 is 0 Å². The molecular formula is C11H24NO3Zr-. The maximum Gasteiger partial charge on any atom is 0.234 e. The largest absolute Gasteiger partial charge is 0.396 e. The molecule has 0 aromatic rings. The molecule has 96 valence electrons. The number of unbranched alkanes of at least 4 members (excludes halogenated alkanes) is 1. The molecule has 5 heteroatoms. The van der Waals surface area contributed by atoms with Gasteiger partial charge in [0.2, 0.25) is 6.08 Å². The van der Waals surface area contributed by atoms with Crippen LogP contribution in [0.15, 0.2) is 4.99 Å². The van der Waals surface area contributed by atoms with Crippen molar-refractivity contribution in [1.29, 1.82) is 0 Å². The second kappa shape index (κ2) is 36.2. The van der Waals surface area contributed by atoms with Crippen molar-refractivity contribution in [2.75, 3.05) is 19.8 Å². The molecule has 4 nitrogen and oxygen atoms in total. The summed E-state index contributed by atoms with van der Waals surface area (Å²) in [6, 6.07) is 0. The molecule has 0 fully saturated rings. The molecule has 16 heavy (non-hydrogen) atoms. The van der Waals surface area contributed by atoms with Crippen molar-refractivity contribution in [2.45, 2.75) is 40.0 Å². The van der Waals surface area contributed by atoms with Gasteiger partial charge in [-0.2, -0.15) is 13.3 Å². The predicted molar refractivity (Wildman–Crippen MR) is 62.3 cm³/mol. The Kier molecular flexibility index (Phi) is 56.9. The molecule has 2 N–H and O–H groups in total. The van der Waals surface area contributed by atoms with Gasteiger partial charge in [-0.1, -0.05) is 13.8 Å². The van der Waals surface area contributed by atoms with Crippen LogP contribution in [-0.4, -0.2) is 36.1 Å². The van der Waals surface area contributed by atoms with Crippen molar-refractivity contribution in [3.63, 3.8) is 0 Å². The van der Waals surface area contributed by atoms with Crippen molar-refractivity contribution < 1.29 is 41.2 Å². The first-order valence-corrected chi connectivity index (χ1v) is 5.28. The van der Waals surface area contributed by atoms with E-state index in [1.54, 1.807) is 0 Å². The van der Waals surface area contributed by atoms with Crippen LogP contribution in [-0.2, 0) is 31.0 Å². The maximum atomic E-state index is 9.37. The number of aliphatic hydroxyl groups excluding tert-OH is 2. The van der Waals surface area contributed by atoms with E-state index < -0.39 is 0 Å². The Labute approximate surface area is 118 Å². The molecular weight excluding hydrogens is 285 g/mol. The standard InChI is InChI=1S/C5H8NO.2C3H8O.Zr/c1-2-3-4-6-5-7;2*1-2-3-4;/h2H,3-4H2,1H3;2*4H,2-3H2,1H3;/q-1;;;. The summed E-state index contributed by atoms with van der Waals surface area (Å²) in [6.45, 7) is 7.01. The third-order valence-corrected chi connectivity index (χ3v) is 1.04. The van der Waals surface area contributed by atoms with E-state index in [2.05, 4.69) is 4.99 Å². The van der Waals surface area contributed by atoms with Crippen LogP contribution in [0.4, 0.5) is 0 Å². The molecule has 0 aliphatic rings. The van der Waals surface area contributed by atoms with E-state index in [0.29, 0.717) is 19.8 Å². The van der Waals surface area contributed by atoms with E-state index in [1.807, 2.05) is 27.2 Å². The monoisotopic (exact) mass is 308 g/mol. The van der Waals surface area contributed by atoms with E-state index in [1.165, 1.54) is 6.08 Å². The summed E-state index contributed by atoms with van der Waals surface area (Å²) in [5.74, 6) is 0. The van der Waals surface area contributed by atoms with E-state index >= 15 is 0 Å². The Balaban J connectivity index is -0.0000000700. The molecule has 0 aliphatic heterocycles. The van der Waals surface area contributed by atoms with Crippen LogP contribution in [0.3, 0.4) is 0 Å². The van der Waals surface area contributed by atoms with Gasteiger partial charge in [0, 0.05) is 46.0 Å². The summed E-state index contributed by atoms with van der Waals surface area (Å²) in [7, 11) is 0. The Hall–Kier alpha value is 0.183. The molecule has 0 aliphatic carbocycles. The van der Waals surface area contributed by atoms with Crippen molar-refractivity contribution in [3.05, 3.63) is 6.42 Å². The van der Waals surface area contributed by atoms with Gasteiger partial charge in [-0.25, -0.2) is 9.79 Å². The summed E-state index contributed by atoms with van der Waals surface area (Å²) in [5.41, 5.74) is 0. The van der Waals surface area contributed by atoms with Crippen LogP contribution in [0, 0.1) is 6.42 Å². The summed E-state index contributed by atoms with van der Waals surface area (Å²) in [6.07, 6.45) is 6.04. The van der Waals surface area contributed by atoms with Gasteiger partial charge >= 0.3 is 0 Å². The van der Waals surface area contributed by atoms with Crippen molar-refractivity contribution in [3.8, 4) is 0 Å². The Morgan fingerprint density at radius 3 is 1.75 bits per heavy atom. The third-order valence-electron chi connectivity index (χ3n) is 1.04. The fourth-order valence-electron chi connectivity index (χ4n) is 0.239. The number of rotatable bonds is 5. The smallest absolute Gasteiger partial charge is 0.234 e. The average molecular weight is 310 g/mol. The Bertz CT molecular complexity index is 120. The Morgan fingerprint density at radius 2 is 1.56 bits per heavy atom. The van der Waals surface area contributed by atoms with Gasteiger partial charge in [0.15, 0.2) is 0 Å². The van der Waals surface area contributed by atoms with E-state index in [0.717, 1.165) is 19.3 Å². The summed E-state index contributed by atoms with van der Waals surface area (Å²) in [4.78, 5) is 12.7. The average Bonchev–Trinajstić information content (AvgIpc) is 2.30. The van der Waals surface area contributed by atoms with Gasteiger partial charge in [-0.05, 0) is 12.8 Å². The van der Waals surface area contributed by atoms with E-state index in [9.17, 15) is 4.79 Å². The zero-order chi connectivity index (χ0) is 12.4. The fourth-order valence-corrected chi connectivity index (χ4v) is 0.239. The molecule has 0 atom stereocenters. The van der Waals surface area contributed by atoms with Crippen LogP contribution in [0.25, 0.3) is 0 Å². The number of nitrogens with zero attached hydrogens (tertiary/aromatic N) is 1. The molecule has 0 radical (unpaired) electrons. The van der Waals surface area contributed by atoms with Gasteiger partial charge in [0.05, 0.1) is 0 Å². The first kappa shape index (κ1) is 25.1. The SMILES string of the molecule is CCCO.CCCO.C[CH-]CCN=C=O.[Zr]. The van der Waals surface area contributed by atoms with Crippen LogP contribution in [0.1, 0.15) is 40.0 Å². The number of isocyanates is 1. The molecule has 0 spiro atoms. The predicted octanol–water partition coefficient (Wildman–Crippen LogP) is 1.71. The van der Waals surface area contributed by atoms with Gasteiger partial charge in [0.1, 0.15) is 0 Å².